The monoisotopic (exact) mass is 313 g/mol. The van der Waals surface area contributed by atoms with Crippen molar-refractivity contribution >= 4 is 11.5 Å². The summed E-state index contributed by atoms with van der Waals surface area (Å²) < 4.78 is 39.1. The molecule has 2 N–H and O–H groups in total. The summed E-state index contributed by atoms with van der Waals surface area (Å²) in [5.41, 5.74) is -0.385. The molecule has 0 amide bonds. The normalized spacial score (nSPS) is 12.0. The molecule has 1 heterocycles. The second-order valence-electron chi connectivity index (χ2n) is 4.32. The Balaban J connectivity index is 2.37. The van der Waals surface area contributed by atoms with E-state index in [4.69, 9.17) is 0 Å². The molecule has 2 aromatic rings. The molecule has 0 radical (unpaired) electrons. The second kappa shape index (κ2) is 6.39. The average molecular weight is 313 g/mol. The lowest BCUT2D eigenvalue weighted by Crippen LogP contribution is -2.17. The molecule has 0 aliphatic rings. The van der Waals surface area contributed by atoms with E-state index < -0.39 is 46.7 Å². The minimum Gasteiger partial charge on any atom is -0.394 e. The number of aliphatic hydroxyl groups excluding tert-OH is 1. The van der Waals surface area contributed by atoms with Gasteiger partial charge in [-0.2, -0.15) is 9.37 Å². The highest BCUT2D eigenvalue weighted by molar-refractivity contribution is 5.56. The highest BCUT2D eigenvalue weighted by Gasteiger charge is 2.23. The smallest absolute Gasteiger partial charge is 0.314 e. The van der Waals surface area contributed by atoms with Gasteiger partial charge in [-0.3, -0.25) is 10.1 Å². The molecule has 22 heavy (non-hydrogen) atoms. The Labute approximate surface area is 122 Å². The third kappa shape index (κ3) is 3.31. The summed E-state index contributed by atoms with van der Waals surface area (Å²) in [7, 11) is 0. The number of hydrogen-bond acceptors (Lipinski definition) is 5. The third-order valence-corrected chi connectivity index (χ3v) is 2.88. The van der Waals surface area contributed by atoms with Crippen molar-refractivity contribution in [2.45, 2.75) is 6.04 Å². The summed E-state index contributed by atoms with van der Waals surface area (Å²) in [5, 5.41) is 22.7. The van der Waals surface area contributed by atoms with E-state index >= 15 is 0 Å². The van der Waals surface area contributed by atoms with Crippen molar-refractivity contribution in [1.29, 1.82) is 0 Å². The van der Waals surface area contributed by atoms with Crippen molar-refractivity contribution in [1.82, 2.24) is 4.98 Å². The molecule has 2 rings (SSSR count). The molecule has 0 saturated carbocycles. The van der Waals surface area contributed by atoms with E-state index in [2.05, 4.69) is 10.3 Å². The number of aromatic nitrogens is 1. The van der Waals surface area contributed by atoms with E-state index in [9.17, 15) is 28.4 Å². The maximum atomic E-state index is 13.2. The van der Waals surface area contributed by atoms with Gasteiger partial charge >= 0.3 is 5.69 Å². The number of nitrogens with zero attached hydrogens (tertiary/aromatic N) is 2. The Bertz CT molecular complexity index is 695. The number of pyridine rings is 1. The first kappa shape index (κ1) is 15.7. The zero-order chi connectivity index (χ0) is 16.3. The molecule has 0 aliphatic carbocycles. The maximum Gasteiger partial charge on any atom is 0.314 e. The lowest BCUT2D eigenvalue weighted by Gasteiger charge is -2.17. The van der Waals surface area contributed by atoms with Crippen molar-refractivity contribution in [3.05, 3.63) is 63.6 Å². The molecule has 0 bridgehead atoms. The van der Waals surface area contributed by atoms with Crippen LogP contribution in [0.4, 0.5) is 24.7 Å². The molecular formula is C13H10F3N3O3. The minimum atomic E-state index is -1.51. The van der Waals surface area contributed by atoms with Gasteiger partial charge in [0.1, 0.15) is 5.82 Å². The topological polar surface area (TPSA) is 88.3 Å². The van der Waals surface area contributed by atoms with Gasteiger partial charge in [-0.15, -0.1) is 0 Å². The molecule has 1 aromatic heterocycles. The number of rotatable bonds is 5. The van der Waals surface area contributed by atoms with Crippen LogP contribution in [-0.4, -0.2) is 21.6 Å². The van der Waals surface area contributed by atoms with Crippen molar-refractivity contribution < 1.29 is 23.2 Å². The van der Waals surface area contributed by atoms with E-state index in [1.807, 2.05) is 0 Å². The Kier molecular flexibility index (Phi) is 4.56. The van der Waals surface area contributed by atoms with E-state index in [0.717, 1.165) is 12.1 Å². The first-order valence-electron chi connectivity index (χ1n) is 6.05. The first-order chi connectivity index (χ1) is 10.4. The Hall–Kier alpha value is -2.68. The van der Waals surface area contributed by atoms with Gasteiger partial charge in [-0.05, 0) is 17.7 Å². The fraction of sp³-hybridized carbons (Fsp3) is 0.154. The first-order valence-corrected chi connectivity index (χ1v) is 6.05. The highest BCUT2D eigenvalue weighted by atomic mass is 19.2. The van der Waals surface area contributed by atoms with Crippen molar-refractivity contribution in [2.75, 3.05) is 11.9 Å². The maximum absolute atomic E-state index is 13.2. The molecule has 9 heteroatoms. The largest absolute Gasteiger partial charge is 0.394 e. The van der Waals surface area contributed by atoms with Crippen LogP contribution in [0.3, 0.4) is 0 Å². The van der Waals surface area contributed by atoms with Gasteiger partial charge in [0.2, 0.25) is 5.82 Å². The van der Waals surface area contributed by atoms with E-state index in [1.54, 1.807) is 0 Å². The molecule has 0 saturated heterocycles. The molecule has 0 unspecified atom stereocenters. The number of benzene rings is 1. The fourth-order valence-electron chi connectivity index (χ4n) is 1.80. The zero-order valence-corrected chi connectivity index (χ0v) is 11.0. The van der Waals surface area contributed by atoms with E-state index in [0.29, 0.717) is 11.6 Å². The summed E-state index contributed by atoms with van der Waals surface area (Å²) in [6.45, 7) is -0.524. The third-order valence-electron chi connectivity index (χ3n) is 2.88. The van der Waals surface area contributed by atoms with E-state index in [-0.39, 0.29) is 0 Å². The molecule has 116 valence electrons. The van der Waals surface area contributed by atoms with Gasteiger partial charge in [0.25, 0.3) is 5.95 Å². The van der Waals surface area contributed by atoms with Gasteiger partial charge in [-0.25, -0.2) is 8.78 Å². The van der Waals surface area contributed by atoms with Crippen LogP contribution in [0.1, 0.15) is 11.6 Å². The molecular weight excluding hydrogens is 303 g/mol. The van der Waals surface area contributed by atoms with Gasteiger partial charge in [-0.1, -0.05) is 12.1 Å². The van der Waals surface area contributed by atoms with Gasteiger partial charge in [0.05, 0.1) is 23.6 Å². The average Bonchev–Trinajstić information content (AvgIpc) is 2.48. The summed E-state index contributed by atoms with van der Waals surface area (Å²) in [6, 6.07) is 4.43. The van der Waals surface area contributed by atoms with Crippen molar-refractivity contribution in [3.8, 4) is 0 Å². The van der Waals surface area contributed by atoms with Gasteiger partial charge in [0, 0.05) is 0 Å². The van der Waals surface area contributed by atoms with Gasteiger partial charge < -0.3 is 10.4 Å². The fourth-order valence-corrected chi connectivity index (χ4v) is 1.80. The van der Waals surface area contributed by atoms with E-state index in [1.165, 1.54) is 12.1 Å². The number of halogens is 3. The predicted octanol–water partition coefficient (Wildman–Crippen LogP) is 2.55. The zero-order valence-electron chi connectivity index (χ0n) is 11.0. The van der Waals surface area contributed by atoms with Crippen molar-refractivity contribution in [2.24, 2.45) is 0 Å². The number of hydrogen-bond donors (Lipinski definition) is 2. The Morgan fingerprint density at radius 3 is 2.45 bits per heavy atom. The number of nitro groups is 1. The molecule has 0 fully saturated rings. The van der Waals surface area contributed by atoms with Crippen LogP contribution in [0.25, 0.3) is 0 Å². The SMILES string of the molecule is O=[N+]([O-])c1cc(F)c(F)nc1N[C@H](CO)c1ccc(F)cc1. The lowest BCUT2D eigenvalue weighted by atomic mass is 10.1. The number of aliphatic hydroxyl groups is 1. The summed E-state index contributed by atoms with van der Waals surface area (Å²) >= 11 is 0. The van der Waals surface area contributed by atoms with Crippen LogP contribution >= 0.6 is 0 Å². The van der Waals surface area contributed by atoms with Gasteiger partial charge in [0.15, 0.2) is 5.82 Å². The van der Waals surface area contributed by atoms with Crippen LogP contribution in [0.15, 0.2) is 30.3 Å². The van der Waals surface area contributed by atoms with Crippen LogP contribution in [-0.2, 0) is 0 Å². The van der Waals surface area contributed by atoms with Crippen LogP contribution in [0.5, 0.6) is 0 Å². The standard InChI is InChI=1S/C13H10F3N3O3/c14-8-3-1-7(2-4-8)10(6-20)17-13-11(19(21)22)5-9(15)12(16)18-13/h1-5,10,20H,6H2,(H,17,18)/t10-/m1/s1. The summed E-state index contributed by atoms with van der Waals surface area (Å²) in [6.07, 6.45) is 0. The summed E-state index contributed by atoms with van der Waals surface area (Å²) in [4.78, 5) is 13.1. The Morgan fingerprint density at radius 1 is 1.27 bits per heavy atom. The molecule has 1 aromatic carbocycles. The Morgan fingerprint density at radius 2 is 1.91 bits per heavy atom. The number of anilines is 1. The molecule has 0 aliphatic heterocycles. The number of nitrogens with one attached hydrogen (secondary N) is 1. The van der Waals surface area contributed by atoms with Crippen molar-refractivity contribution in [3.63, 3.8) is 0 Å². The quantitative estimate of drug-likeness (QED) is 0.503. The molecule has 1 atom stereocenters. The molecule has 0 spiro atoms. The molecule has 6 nitrogen and oxygen atoms in total. The predicted molar refractivity (Wildman–Crippen MR) is 70.7 cm³/mol. The highest BCUT2D eigenvalue weighted by Crippen LogP contribution is 2.27. The van der Waals surface area contributed by atoms with Crippen LogP contribution < -0.4 is 5.32 Å². The minimum absolute atomic E-state index is 0.393. The lowest BCUT2D eigenvalue weighted by molar-refractivity contribution is -0.384. The summed E-state index contributed by atoms with van der Waals surface area (Å²) in [5.74, 6) is -4.01. The van der Waals surface area contributed by atoms with Crippen LogP contribution in [0, 0.1) is 27.7 Å². The second-order valence-corrected chi connectivity index (χ2v) is 4.32. The van der Waals surface area contributed by atoms with Crippen LogP contribution in [0.2, 0.25) is 0 Å².